The van der Waals surface area contributed by atoms with Crippen LogP contribution in [0.4, 0.5) is 0 Å². The number of carbonyl (C=O) groups is 3. The average molecular weight is 399 g/mol. The summed E-state index contributed by atoms with van der Waals surface area (Å²) in [4.78, 5) is 42.9. The standard InChI is InChI=1S/C23H30N2O4/c1-3-29-23(28)19(13-12-16-8-5-4-6-9-16)24-15(2)21(26)25-18-11-7-10-17(18)14-20(25)22(24)27/h4-6,8-9,15,17-20H,3,7,10-14H2,1-2H3/t15-,17-,18-,19-,20+/m0/s1. The van der Waals surface area contributed by atoms with Crippen LogP contribution in [0.3, 0.4) is 0 Å². The minimum Gasteiger partial charge on any atom is -0.464 e. The number of aryl methyl sites for hydroxylation is 1. The van der Waals surface area contributed by atoms with Crippen molar-refractivity contribution in [3.05, 3.63) is 35.9 Å². The van der Waals surface area contributed by atoms with E-state index in [0.717, 1.165) is 31.2 Å². The summed E-state index contributed by atoms with van der Waals surface area (Å²) < 4.78 is 5.31. The lowest BCUT2D eigenvalue weighted by Gasteiger charge is -2.45. The number of benzene rings is 1. The van der Waals surface area contributed by atoms with Crippen molar-refractivity contribution >= 4 is 17.8 Å². The van der Waals surface area contributed by atoms with Crippen LogP contribution in [0.5, 0.6) is 0 Å². The molecule has 2 amide bonds. The quantitative estimate of drug-likeness (QED) is 0.691. The van der Waals surface area contributed by atoms with Crippen LogP contribution in [0.15, 0.2) is 30.3 Å². The molecule has 1 aliphatic carbocycles. The zero-order chi connectivity index (χ0) is 20.5. The molecule has 3 aliphatic rings. The second-order valence-corrected chi connectivity index (χ2v) is 8.47. The van der Waals surface area contributed by atoms with Gasteiger partial charge in [-0.05, 0) is 57.4 Å². The zero-order valence-corrected chi connectivity index (χ0v) is 17.3. The molecule has 2 heterocycles. The Morgan fingerprint density at radius 3 is 2.66 bits per heavy atom. The molecule has 29 heavy (non-hydrogen) atoms. The summed E-state index contributed by atoms with van der Waals surface area (Å²) in [5, 5.41) is 0. The van der Waals surface area contributed by atoms with Crippen LogP contribution in [-0.4, -0.2) is 58.4 Å². The van der Waals surface area contributed by atoms with E-state index in [2.05, 4.69) is 0 Å². The van der Waals surface area contributed by atoms with E-state index in [-0.39, 0.29) is 24.5 Å². The first-order valence-corrected chi connectivity index (χ1v) is 10.9. The van der Waals surface area contributed by atoms with Gasteiger partial charge in [-0.3, -0.25) is 9.59 Å². The van der Waals surface area contributed by atoms with Gasteiger partial charge in [-0.25, -0.2) is 4.79 Å². The number of esters is 1. The molecule has 1 saturated carbocycles. The molecule has 2 aliphatic heterocycles. The maximum atomic E-state index is 13.5. The highest BCUT2D eigenvalue weighted by molar-refractivity contribution is 5.99. The molecule has 6 nitrogen and oxygen atoms in total. The topological polar surface area (TPSA) is 66.9 Å². The van der Waals surface area contributed by atoms with E-state index in [0.29, 0.717) is 18.8 Å². The lowest BCUT2D eigenvalue weighted by Crippen LogP contribution is -2.66. The van der Waals surface area contributed by atoms with E-state index < -0.39 is 24.1 Å². The van der Waals surface area contributed by atoms with Crippen LogP contribution in [0, 0.1) is 5.92 Å². The molecular formula is C23H30N2O4. The molecule has 0 radical (unpaired) electrons. The summed E-state index contributed by atoms with van der Waals surface area (Å²) >= 11 is 0. The Morgan fingerprint density at radius 1 is 1.17 bits per heavy atom. The van der Waals surface area contributed by atoms with Crippen molar-refractivity contribution in [1.82, 2.24) is 9.80 Å². The van der Waals surface area contributed by atoms with E-state index in [1.54, 1.807) is 13.8 Å². The Bertz CT molecular complexity index is 780. The number of nitrogens with zero attached hydrogens (tertiary/aromatic N) is 2. The van der Waals surface area contributed by atoms with Gasteiger partial charge in [0, 0.05) is 6.04 Å². The number of piperazine rings is 1. The van der Waals surface area contributed by atoms with Crippen molar-refractivity contribution < 1.29 is 19.1 Å². The Kier molecular flexibility index (Phi) is 5.61. The SMILES string of the molecule is CCOC(=O)[C@H](CCc1ccccc1)N1C(=O)[C@H]2C[C@@H]3CCC[C@@H]3N2C(=O)[C@@H]1C. The van der Waals surface area contributed by atoms with E-state index in [4.69, 9.17) is 4.74 Å². The third-order valence-corrected chi connectivity index (χ3v) is 6.85. The number of amides is 2. The normalized spacial score (nSPS) is 29.6. The van der Waals surface area contributed by atoms with Crippen LogP contribution in [0.2, 0.25) is 0 Å². The van der Waals surface area contributed by atoms with Crippen molar-refractivity contribution in [2.45, 2.75) is 76.5 Å². The molecule has 0 N–H and O–H groups in total. The minimum absolute atomic E-state index is 0.0157. The van der Waals surface area contributed by atoms with Crippen molar-refractivity contribution in [2.24, 2.45) is 5.92 Å². The summed E-state index contributed by atoms with van der Waals surface area (Å²) in [5.41, 5.74) is 1.10. The molecule has 6 heteroatoms. The summed E-state index contributed by atoms with van der Waals surface area (Å²) in [6.45, 7) is 3.77. The van der Waals surface area contributed by atoms with Gasteiger partial charge in [0.05, 0.1) is 6.61 Å². The van der Waals surface area contributed by atoms with Crippen molar-refractivity contribution in [3.8, 4) is 0 Å². The number of fused-ring (bicyclic) bond motifs is 3. The largest absolute Gasteiger partial charge is 0.464 e. The number of carbonyl (C=O) groups excluding carboxylic acids is 3. The minimum atomic E-state index is -0.732. The highest BCUT2D eigenvalue weighted by Crippen LogP contribution is 2.44. The molecule has 156 valence electrons. The van der Waals surface area contributed by atoms with Gasteiger partial charge in [0.15, 0.2) is 0 Å². The molecular weight excluding hydrogens is 368 g/mol. The van der Waals surface area contributed by atoms with E-state index in [1.165, 1.54) is 4.90 Å². The van der Waals surface area contributed by atoms with E-state index in [9.17, 15) is 14.4 Å². The summed E-state index contributed by atoms with van der Waals surface area (Å²) in [7, 11) is 0. The fourth-order valence-electron chi connectivity index (χ4n) is 5.50. The van der Waals surface area contributed by atoms with Crippen LogP contribution in [0.1, 0.15) is 51.5 Å². The first-order valence-electron chi connectivity index (χ1n) is 10.9. The van der Waals surface area contributed by atoms with Crippen LogP contribution < -0.4 is 0 Å². The van der Waals surface area contributed by atoms with Gasteiger partial charge in [-0.15, -0.1) is 0 Å². The fraction of sp³-hybridized carbons (Fsp3) is 0.609. The van der Waals surface area contributed by atoms with Gasteiger partial charge in [0.25, 0.3) is 0 Å². The highest BCUT2D eigenvalue weighted by Gasteiger charge is 2.56. The first-order chi connectivity index (χ1) is 14.0. The second kappa shape index (κ2) is 8.17. The smallest absolute Gasteiger partial charge is 0.328 e. The van der Waals surface area contributed by atoms with Gasteiger partial charge in [-0.2, -0.15) is 0 Å². The van der Waals surface area contributed by atoms with Crippen LogP contribution >= 0.6 is 0 Å². The molecule has 5 atom stereocenters. The third-order valence-electron chi connectivity index (χ3n) is 6.85. The van der Waals surface area contributed by atoms with Crippen LogP contribution in [0.25, 0.3) is 0 Å². The third kappa shape index (κ3) is 3.53. The molecule has 2 saturated heterocycles. The maximum absolute atomic E-state index is 13.5. The van der Waals surface area contributed by atoms with Gasteiger partial charge < -0.3 is 14.5 Å². The molecule has 1 aromatic carbocycles. The molecule has 0 unspecified atom stereocenters. The molecule has 4 rings (SSSR count). The molecule has 0 aromatic heterocycles. The predicted molar refractivity (Wildman–Crippen MR) is 108 cm³/mol. The summed E-state index contributed by atoms with van der Waals surface area (Å²) in [6.07, 6.45) is 5.03. The van der Waals surface area contributed by atoms with Gasteiger partial charge in [0.2, 0.25) is 11.8 Å². The van der Waals surface area contributed by atoms with Crippen molar-refractivity contribution in [3.63, 3.8) is 0 Å². The molecule has 3 fully saturated rings. The molecule has 0 spiro atoms. The number of hydrogen-bond acceptors (Lipinski definition) is 4. The number of hydrogen-bond donors (Lipinski definition) is 0. The van der Waals surface area contributed by atoms with Crippen molar-refractivity contribution in [1.29, 1.82) is 0 Å². The lowest BCUT2D eigenvalue weighted by atomic mass is 9.97. The summed E-state index contributed by atoms with van der Waals surface area (Å²) in [6, 6.07) is 8.31. The predicted octanol–water partition coefficient (Wildman–Crippen LogP) is 2.55. The van der Waals surface area contributed by atoms with Gasteiger partial charge in [-0.1, -0.05) is 36.8 Å². The number of rotatable bonds is 6. The Morgan fingerprint density at radius 2 is 1.93 bits per heavy atom. The monoisotopic (exact) mass is 398 g/mol. The second-order valence-electron chi connectivity index (χ2n) is 8.47. The fourth-order valence-corrected chi connectivity index (χ4v) is 5.50. The first kappa shape index (κ1) is 19.9. The maximum Gasteiger partial charge on any atom is 0.328 e. The Hall–Kier alpha value is -2.37. The van der Waals surface area contributed by atoms with Crippen molar-refractivity contribution in [2.75, 3.05) is 6.61 Å². The van der Waals surface area contributed by atoms with E-state index in [1.807, 2.05) is 35.2 Å². The highest BCUT2D eigenvalue weighted by atomic mass is 16.5. The molecule has 1 aromatic rings. The van der Waals surface area contributed by atoms with Gasteiger partial charge in [0.1, 0.15) is 18.1 Å². The Balaban J connectivity index is 1.58. The van der Waals surface area contributed by atoms with E-state index >= 15 is 0 Å². The zero-order valence-electron chi connectivity index (χ0n) is 17.3. The van der Waals surface area contributed by atoms with Crippen LogP contribution in [-0.2, 0) is 25.5 Å². The Labute approximate surface area is 172 Å². The average Bonchev–Trinajstić information content (AvgIpc) is 3.31. The number of ether oxygens (including phenoxy) is 1. The van der Waals surface area contributed by atoms with Gasteiger partial charge >= 0.3 is 5.97 Å². The molecule has 0 bridgehead atoms. The summed E-state index contributed by atoms with van der Waals surface area (Å²) in [5.74, 6) is -0.0934. The lowest BCUT2D eigenvalue weighted by molar-refractivity contribution is -0.170.